The summed E-state index contributed by atoms with van der Waals surface area (Å²) < 4.78 is 6.53. The molecule has 0 bridgehead atoms. The fraction of sp³-hybridized carbons (Fsp3) is 0.174. The van der Waals surface area contributed by atoms with Crippen molar-refractivity contribution in [1.82, 2.24) is 5.32 Å². The van der Waals surface area contributed by atoms with E-state index < -0.39 is 0 Å². The number of carbonyl (C=O) groups excluding carboxylic acids is 1. The number of benzene rings is 3. The van der Waals surface area contributed by atoms with Gasteiger partial charge in [-0.3, -0.25) is 4.79 Å². The van der Waals surface area contributed by atoms with E-state index in [1.807, 2.05) is 80.6 Å². The Balaban J connectivity index is 1.75. The molecule has 0 unspecified atom stereocenters. The number of aryl methyl sites for hydroxylation is 1. The second-order valence-corrected chi connectivity index (χ2v) is 7.73. The lowest BCUT2D eigenvalue weighted by Crippen LogP contribution is -2.33. The molecule has 0 aromatic heterocycles. The van der Waals surface area contributed by atoms with Crippen molar-refractivity contribution in [3.63, 3.8) is 0 Å². The highest BCUT2D eigenvalue weighted by atomic mass is 79.9. The van der Waals surface area contributed by atoms with E-state index in [0.717, 1.165) is 26.7 Å². The normalized spacial score (nSPS) is 10.8. The first-order chi connectivity index (χ1) is 13.5. The van der Waals surface area contributed by atoms with Gasteiger partial charge in [-0.25, -0.2) is 0 Å². The number of amides is 1. The average Bonchev–Trinajstić information content (AvgIpc) is 2.73. The maximum absolute atomic E-state index is 12.6. The van der Waals surface area contributed by atoms with Crippen LogP contribution in [-0.2, 0) is 4.79 Å². The van der Waals surface area contributed by atoms with E-state index in [0.29, 0.717) is 10.8 Å². The van der Waals surface area contributed by atoms with Crippen molar-refractivity contribution in [3.8, 4) is 5.75 Å². The summed E-state index contributed by atoms with van der Waals surface area (Å²) in [4.78, 5) is 12.6. The maximum atomic E-state index is 12.6. The highest BCUT2D eigenvalue weighted by Gasteiger charge is 2.18. The van der Waals surface area contributed by atoms with E-state index in [-0.39, 0.29) is 18.6 Å². The Hall–Kier alpha value is -2.30. The number of halogens is 2. The van der Waals surface area contributed by atoms with Crippen LogP contribution in [0.15, 0.2) is 71.2 Å². The second kappa shape index (κ2) is 9.26. The monoisotopic (exact) mass is 457 g/mol. The molecule has 0 heterocycles. The minimum absolute atomic E-state index is 0.0880. The molecule has 5 heteroatoms. The van der Waals surface area contributed by atoms with Gasteiger partial charge in [-0.1, -0.05) is 72.3 Å². The first-order valence-electron chi connectivity index (χ1n) is 8.94. The van der Waals surface area contributed by atoms with E-state index in [1.54, 1.807) is 0 Å². The van der Waals surface area contributed by atoms with Gasteiger partial charge in [-0.15, -0.1) is 0 Å². The van der Waals surface area contributed by atoms with Crippen LogP contribution in [0.25, 0.3) is 0 Å². The highest BCUT2D eigenvalue weighted by molar-refractivity contribution is 9.10. The lowest BCUT2D eigenvalue weighted by Gasteiger charge is -2.20. The van der Waals surface area contributed by atoms with Crippen molar-refractivity contribution in [2.45, 2.75) is 19.9 Å². The Kier molecular flexibility index (Phi) is 6.76. The highest BCUT2D eigenvalue weighted by Crippen LogP contribution is 2.35. The lowest BCUT2D eigenvalue weighted by atomic mass is 9.99. The van der Waals surface area contributed by atoms with Crippen LogP contribution in [0.4, 0.5) is 0 Å². The van der Waals surface area contributed by atoms with Crippen molar-refractivity contribution in [2.24, 2.45) is 0 Å². The van der Waals surface area contributed by atoms with Crippen molar-refractivity contribution < 1.29 is 9.53 Å². The smallest absolute Gasteiger partial charge is 0.258 e. The van der Waals surface area contributed by atoms with Crippen LogP contribution in [0.2, 0.25) is 5.02 Å². The zero-order chi connectivity index (χ0) is 20.1. The summed E-state index contributed by atoms with van der Waals surface area (Å²) in [5, 5.41) is 3.77. The Morgan fingerprint density at radius 3 is 2.11 bits per heavy atom. The summed E-state index contributed by atoms with van der Waals surface area (Å²) in [7, 11) is 0. The van der Waals surface area contributed by atoms with Gasteiger partial charge in [-0.2, -0.15) is 0 Å². The van der Waals surface area contributed by atoms with Crippen LogP contribution in [0.3, 0.4) is 0 Å². The molecular weight excluding hydrogens is 438 g/mol. The molecule has 0 atom stereocenters. The zero-order valence-corrected chi connectivity index (χ0v) is 18.0. The van der Waals surface area contributed by atoms with Gasteiger partial charge >= 0.3 is 0 Å². The lowest BCUT2D eigenvalue weighted by molar-refractivity contribution is -0.123. The summed E-state index contributed by atoms with van der Waals surface area (Å²) in [6.07, 6.45) is 0. The molecule has 0 aliphatic heterocycles. The number of carbonyl (C=O) groups is 1. The Bertz CT molecular complexity index is 922. The third-order valence-corrected chi connectivity index (χ3v) is 6.07. The van der Waals surface area contributed by atoms with Crippen LogP contribution < -0.4 is 10.1 Å². The minimum atomic E-state index is -0.240. The van der Waals surface area contributed by atoms with E-state index in [9.17, 15) is 4.79 Å². The molecule has 0 spiro atoms. The fourth-order valence-corrected chi connectivity index (χ4v) is 3.69. The summed E-state index contributed by atoms with van der Waals surface area (Å²) >= 11 is 9.76. The standard InChI is InChI=1S/C23H21BrClNO2/c1-15-13-19(21(24)16(2)22(15)25)28-14-20(27)26-23(17-9-5-3-6-10-17)18-11-7-4-8-12-18/h3-13,23H,14H2,1-2H3,(H,26,27). The van der Waals surface area contributed by atoms with Gasteiger partial charge in [0.25, 0.3) is 5.91 Å². The first-order valence-corrected chi connectivity index (χ1v) is 10.1. The number of rotatable bonds is 6. The van der Waals surface area contributed by atoms with Crippen molar-refractivity contribution in [2.75, 3.05) is 6.61 Å². The summed E-state index contributed by atoms with van der Waals surface area (Å²) in [6, 6.07) is 21.4. The second-order valence-electron chi connectivity index (χ2n) is 6.56. The van der Waals surface area contributed by atoms with Gasteiger partial charge in [0.1, 0.15) is 5.75 Å². The quantitative estimate of drug-likeness (QED) is 0.492. The van der Waals surface area contributed by atoms with Crippen LogP contribution >= 0.6 is 27.5 Å². The first kappa shape index (κ1) is 20.4. The van der Waals surface area contributed by atoms with Crippen LogP contribution in [-0.4, -0.2) is 12.5 Å². The topological polar surface area (TPSA) is 38.3 Å². The molecule has 144 valence electrons. The van der Waals surface area contributed by atoms with Gasteiger partial charge in [0, 0.05) is 5.02 Å². The summed E-state index contributed by atoms with van der Waals surface area (Å²) in [5.74, 6) is 0.403. The number of hydrogen-bond acceptors (Lipinski definition) is 2. The van der Waals surface area contributed by atoms with Crippen molar-refractivity contribution >= 4 is 33.4 Å². The molecule has 0 aliphatic carbocycles. The Morgan fingerprint density at radius 2 is 1.57 bits per heavy atom. The molecule has 3 nitrogen and oxygen atoms in total. The van der Waals surface area contributed by atoms with Crippen LogP contribution in [0.1, 0.15) is 28.3 Å². The number of hydrogen-bond donors (Lipinski definition) is 1. The molecule has 28 heavy (non-hydrogen) atoms. The summed E-state index contributed by atoms with van der Waals surface area (Å²) in [5.41, 5.74) is 3.83. The number of nitrogens with one attached hydrogen (secondary N) is 1. The van der Waals surface area contributed by atoms with E-state index in [1.165, 1.54) is 0 Å². The van der Waals surface area contributed by atoms with Gasteiger partial charge < -0.3 is 10.1 Å². The Labute approximate surface area is 178 Å². The zero-order valence-electron chi connectivity index (χ0n) is 15.7. The molecule has 0 saturated carbocycles. The molecule has 1 amide bonds. The molecular formula is C23H21BrClNO2. The van der Waals surface area contributed by atoms with E-state index >= 15 is 0 Å². The predicted octanol–water partition coefficient (Wildman–Crippen LogP) is 6.00. The minimum Gasteiger partial charge on any atom is -0.483 e. The molecule has 1 N–H and O–H groups in total. The van der Waals surface area contributed by atoms with E-state index in [2.05, 4.69) is 21.2 Å². The maximum Gasteiger partial charge on any atom is 0.258 e. The van der Waals surface area contributed by atoms with Gasteiger partial charge in [-0.05, 0) is 58.1 Å². The fourth-order valence-electron chi connectivity index (χ4n) is 3.00. The van der Waals surface area contributed by atoms with Crippen molar-refractivity contribution in [3.05, 3.63) is 98.5 Å². The molecule has 0 aliphatic rings. The van der Waals surface area contributed by atoms with Gasteiger partial charge in [0.2, 0.25) is 0 Å². The largest absolute Gasteiger partial charge is 0.483 e. The third-order valence-electron chi connectivity index (χ3n) is 4.50. The third kappa shape index (κ3) is 4.75. The molecule has 3 rings (SSSR count). The Morgan fingerprint density at radius 1 is 1.04 bits per heavy atom. The molecule has 3 aromatic rings. The van der Waals surface area contributed by atoms with Crippen LogP contribution in [0.5, 0.6) is 5.75 Å². The van der Waals surface area contributed by atoms with Crippen LogP contribution in [0, 0.1) is 13.8 Å². The molecule has 0 saturated heterocycles. The van der Waals surface area contributed by atoms with Gasteiger partial charge in [0.15, 0.2) is 6.61 Å². The molecule has 0 radical (unpaired) electrons. The summed E-state index contributed by atoms with van der Waals surface area (Å²) in [6.45, 7) is 3.73. The molecule has 0 fully saturated rings. The SMILES string of the molecule is Cc1cc(OCC(=O)NC(c2ccccc2)c2ccccc2)c(Br)c(C)c1Cl. The van der Waals surface area contributed by atoms with E-state index in [4.69, 9.17) is 16.3 Å². The molecule has 3 aromatic carbocycles. The van der Waals surface area contributed by atoms with Crippen molar-refractivity contribution in [1.29, 1.82) is 0 Å². The number of ether oxygens (including phenoxy) is 1. The van der Waals surface area contributed by atoms with Gasteiger partial charge in [0.05, 0.1) is 10.5 Å². The predicted molar refractivity (Wildman–Crippen MR) is 117 cm³/mol. The average molecular weight is 459 g/mol.